The van der Waals surface area contributed by atoms with Gasteiger partial charge in [-0.05, 0) is 50.5 Å². The predicted molar refractivity (Wildman–Crippen MR) is 155 cm³/mol. The minimum absolute atomic E-state index is 0.0349. The summed E-state index contributed by atoms with van der Waals surface area (Å²) in [7, 11) is 0. The molecule has 2 fully saturated rings. The zero-order valence-electron chi connectivity index (χ0n) is 22.8. The number of carbonyl (C=O) groups is 2. The minimum atomic E-state index is -0.962. The number of aromatic nitrogens is 2. The summed E-state index contributed by atoms with van der Waals surface area (Å²) in [5, 5.41) is 22.3. The summed E-state index contributed by atoms with van der Waals surface area (Å²) in [6, 6.07) is 6.76. The van der Waals surface area contributed by atoms with Crippen molar-refractivity contribution in [1.82, 2.24) is 25.1 Å². The molecule has 218 valence electrons. The number of nitrogen functional groups attached to an aromatic ring is 1. The number of nitrogens with one attached hydrogen (secondary N) is 1. The lowest BCUT2D eigenvalue weighted by Crippen LogP contribution is -2.58. The first kappa shape index (κ1) is 30.3. The summed E-state index contributed by atoms with van der Waals surface area (Å²) in [5.74, 6) is -0.290. The first-order valence-corrected chi connectivity index (χ1v) is 14.4. The molecule has 0 saturated carbocycles. The second kappa shape index (κ2) is 13.3. The topological polar surface area (TPSA) is 148 Å². The number of likely N-dealkylation sites (tertiary alicyclic amines) is 1. The molecule has 2 aliphatic rings. The van der Waals surface area contributed by atoms with E-state index in [1.807, 2.05) is 9.80 Å². The van der Waals surface area contributed by atoms with Crippen LogP contribution in [0, 0.1) is 0 Å². The first-order valence-electron chi connectivity index (χ1n) is 13.6. The highest BCUT2D eigenvalue weighted by molar-refractivity contribution is 6.32. The number of amides is 2. The van der Waals surface area contributed by atoms with Gasteiger partial charge in [-0.25, -0.2) is 9.97 Å². The Balaban J connectivity index is 1.38. The maximum Gasteiger partial charge on any atom is 0.274 e. The highest BCUT2D eigenvalue weighted by atomic mass is 35.5. The van der Waals surface area contributed by atoms with Gasteiger partial charge in [-0.15, -0.1) is 0 Å². The van der Waals surface area contributed by atoms with E-state index in [-0.39, 0.29) is 28.6 Å². The predicted octanol–water partition coefficient (Wildman–Crippen LogP) is 2.04. The van der Waals surface area contributed by atoms with Crippen LogP contribution >= 0.6 is 23.2 Å². The lowest BCUT2D eigenvalue weighted by atomic mass is 9.97. The van der Waals surface area contributed by atoms with Crippen LogP contribution in [-0.2, 0) is 0 Å². The van der Waals surface area contributed by atoms with Crippen molar-refractivity contribution in [2.75, 3.05) is 50.0 Å². The van der Waals surface area contributed by atoms with Gasteiger partial charge in [0.2, 0.25) is 0 Å². The SMILES string of the molecule is CC[C@H]1CN(c2nc(N)c(C(=O)N[C@@H](CO)C(C)O)nc2Cl)CCN1C1CCN(C(=O)c2ccc(Cl)cc2)CC1. The highest BCUT2D eigenvalue weighted by Crippen LogP contribution is 2.30. The van der Waals surface area contributed by atoms with Crippen molar-refractivity contribution in [2.24, 2.45) is 0 Å². The number of piperazine rings is 1. The third-order valence-electron chi connectivity index (χ3n) is 7.78. The highest BCUT2D eigenvalue weighted by Gasteiger charge is 2.35. The van der Waals surface area contributed by atoms with Crippen LogP contribution in [0.3, 0.4) is 0 Å². The molecule has 4 rings (SSSR count). The Bertz CT molecular complexity index is 1190. The van der Waals surface area contributed by atoms with Gasteiger partial charge in [-0.2, -0.15) is 0 Å². The van der Waals surface area contributed by atoms with E-state index in [1.165, 1.54) is 6.92 Å². The van der Waals surface area contributed by atoms with E-state index in [0.29, 0.717) is 48.6 Å². The molecule has 0 radical (unpaired) electrons. The molecule has 40 heavy (non-hydrogen) atoms. The van der Waals surface area contributed by atoms with E-state index in [1.54, 1.807) is 24.3 Å². The van der Waals surface area contributed by atoms with Gasteiger partial charge in [0.25, 0.3) is 11.8 Å². The van der Waals surface area contributed by atoms with E-state index in [9.17, 15) is 19.8 Å². The van der Waals surface area contributed by atoms with E-state index in [4.69, 9.17) is 28.9 Å². The zero-order chi connectivity index (χ0) is 29.0. The summed E-state index contributed by atoms with van der Waals surface area (Å²) < 4.78 is 0. The number of aliphatic hydroxyl groups excluding tert-OH is 2. The molecule has 13 heteroatoms. The summed E-state index contributed by atoms with van der Waals surface area (Å²) in [5.41, 5.74) is 6.59. The van der Waals surface area contributed by atoms with Gasteiger partial charge in [0.1, 0.15) is 0 Å². The quantitative estimate of drug-likeness (QED) is 0.360. The third kappa shape index (κ3) is 6.77. The number of halogens is 2. The van der Waals surface area contributed by atoms with Crippen LogP contribution in [0.15, 0.2) is 24.3 Å². The van der Waals surface area contributed by atoms with Crippen LogP contribution in [0.25, 0.3) is 0 Å². The molecule has 0 aliphatic carbocycles. The van der Waals surface area contributed by atoms with Crippen molar-refractivity contribution in [3.05, 3.63) is 45.7 Å². The van der Waals surface area contributed by atoms with E-state index >= 15 is 0 Å². The average molecular weight is 595 g/mol. The fourth-order valence-corrected chi connectivity index (χ4v) is 5.80. The van der Waals surface area contributed by atoms with Crippen molar-refractivity contribution in [2.45, 2.75) is 57.3 Å². The molecule has 1 aromatic heterocycles. The molecule has 2 aliphatic heterocycles. The van der Waals surface area contributed by atoms with Crippen molar-refractivity contribution < 1.29 is 19.8 Å². The molecule has 2 amide bonds. The fourth-order valence-electron chi connectivity index (χ4n) is 5.42. The first-order chi connectivity index (χ1) is 19.1. The second-order valence-electron chi connectivity index (χ2n) is 10.4. The second-order valence-corrected chi connectivity index (χ2v) is 11.1. The molecule has 0 spiro atoms. The Morgan fingerprint density at radius 1 is 1.12 bits per heavy atom. The number of carbonyl (C=O) groups excluding carboxylic acids is 2. The van der Waals surface area contributed by atoms with Crippen LogP contribution < -0.4 is 16.0 Å². The summed E-state index contributed by atoms with van der Waals surface area (Å²) >= 11 is 12.4. The van der Waals surface area contributed by atoms with Crippen molar-refractivity contribution in [1.29, 1.82) is 0 Å². The Hall–Kier alpha value is -2.70. The maximum atomic E-state index is 12.9. The number of piperidine rings is 1. The van der Waals surface area contributed by atoms with Gasteiger partial charge < -0.3 is 31.1 Å². The summed E-state index contributed by atoms with van der Waals surface area (Å²) in [4.78, 5) is 40.7. The van der Waals surface area contributed by atoms with E-state index in [0.717, 1.165) is 25.8 Å². The van der Waals surface area contributed by atoms with Gasteiger partial charge in [-0.3, -0.25) is 14.5 Å². The standard InChI is InChI=1S/C27H37Cl2N7O4/c1-3-19-14-35(25-23(29)32-22(24(30)33-25)26(39)31-21(15-37)16(2)38)12-13-36(19)20-8-10-34(11-9-20)27(40)17-4-6-18(28)7-5-17/h4-7,16,19-21,37-38H,3,8-15H2,1-2H3,(H2,30,33)(H,31,39)/t16?,19-,21-/m0/s1. The Morgan fingerprint density at radius 3 is 2.40 bits per heavy atom. The van der Waals surface area contributed by atoms with Gasteiger partial charge >= 0.3 is 0 Å². The molecule has 2 saturated heterocycles. The normalized spacial score (nSPS) is 20.3. The lowest BCUT2D eigenvalue weighted by molar-refractivity contribution is 0.0490. The van der Waals surface area contributed by atoms with Gasteiger partial charge in [-0.1, -0.05) is 30.1 Å². The molecule has 1 aromatic carbocycles. The third-order valence-corrected chi connectivity index (χ3v) is 8.29. The molecule has 2 aromatic rings. The smallest absolute Gasteiger partial charge is 0.274 e. The number of rotatable bonds is 8. The molecule has 1 unspecified atom stereocenters. The Morgan fingerprint density at radius 2 is 1.80 bits per heavy atom. The van der Waals surface area contributed by atoms with Crippen LogP contribution in [0.5, 0.6) is 0 Å². The van der Waals surface area contributed by atoms with Crippen LogP contribution in [0.1, 0.15) is 54.0 Å². The minimum Gasteiger partial charge on any atom is -0.394 e. The largest absolute Gasteiger partial charge is 0.394 e. The summed E-state index contributed by atoms with van der Waals surface area (Å²) in [6.07, 6.45) is 1.75. The van der Waals surface area contributed by atoms with E-state index < -0.39 is 24.7 Å². The van der Waals surface area contributed by atoms with Gasteiger partial charge in [0, 0.05) is 55.4 Å². The molecular formula is C27H37Cl2N7O4. The number of aliphatic hydroxyl groups is 2. The molecule has 3 atom stereocenters. The van der Waals surface area contributed by atoms with Crippen molar-refractivity contribution in [3.63, 3.8) is 0 Å². The molecule has 5 N–H and O–H groups in total. The lowest BCUT2D eigenvalue weighted by Gasteiger charge is -2.47. The van der Waals surface area contributed by atoms with Crippen molar-refractivity contribution in [3.8, 4) is 0 Å². The van der Waals surface area contributed by atoms with Gasteiger partial charge in [0.05, 0.1) is 18.8 Å². The maximum absolute atomic E-state index is 12.9. The van der Waals surface area contributed by atoms with Gasteiger partial charge in [0.15, 0.2) is 22.5 Å². The molecule has 11 nitrogen and oxygen atoms in total. The molecule has 0 bridgehead atoms. The Kier molecular flexibility index (Phi) is 10.1. The monoisotopic (exact) mass is 593 g/mol. The van der Waals surface area contributed by atoms with Crippen molar-refractivity contribution >= 4 is 46.7 Å². The molecular weight excluding hydrogens is 557 g/mol. The fraction of sp³-hybridized carbons (Fsp3) is 0.556. The van der Waals surface area contributed by atoms with E-state index in [2.05, 4.69) is 27.1 Å². The van der Waals surface area contributed by atoms with Crippen LogP contribution in [-0.4, -0.2) is 105 Å². The number of benzene rings is 1. The number of nitrogens with two attached hydrogens (primary N) is 1. The molecule has 3 heterocycles. The number of hydrogen-bond acceptors (Lipinski definition) is 9. The number of nitrogens with zero attached hydrogens (tertiary/aromatic N) is 5. The summed E-state index contributed by atoms with van der Waals surface area (Å²) in [6.45, 7) is 6.70. The van der Waals surface area contributed by atoms with Crippen LogP contribution in [0.4, 0.5) is 11.6 Å². The van der Waals surface area contributed by atoms with Crippen LogP contribution in [0.2, 0.25) is 10.2 Å². The Labute approximate surface area is 244 Å². The number of anilines is 2. The average Bonchev–Trinajstić information content (AvgIpc) is 2.96. The zero-order valence-corrected chi connectivity index (χ0v) is 24.3. The number of hydrogen-bond donors (Lipinski definition) is 4.